The van der Waals surface area contributed by atoms with E-state index in [1.54, 1.807) is 6.07 Å². The summed E-state index contributed by atoms with van der Waals surface area (Å²) in [6, 6.07) is 10.9. The highest BCUT2D eigenvalue weighted by atomic mass is 16.5. The van der Waals surface area contributed by atoms with Crippen LogP contribution in [0, 0.1) is 6.92 Å². The molecule has 2 aromatic carbocycles. The SMILES string of the molecule is COC(=O)c1cc(=O)oc2c1ccc1c3ccc(C)cc3[nH]c12. The number of ether oxygens (including phenoxy) is 1. The van der Waals surface area contributed by atoms with E-state index in [1.807, 2.05) is 31.2 Å². The van der Waals surface area contributed by atoms with Crippen LogP contribution in [0.15, 0.2) is 45.6 Å². The van der Waals surface area contributed by atoms with Gasteiger partial charge in [0.25, 0.3) is 0 Å². The van der Waals surface area contributed by atoms with Gasteiger partial charge in [-0.05, 0) is 24.6 Å². The molecule has 0 aliphatic carbocycles. The van der Waals surface area contributed by atoms with Crippen molar-refractivity contribution < 1.29 is 13.9 Å². The second kappa shape index (κ2) is 4.71. The van der Waals surface area contributed by atoms with Crippen LogP contribution >= 0.6 is 0 Å². The van der Waals surface area contributed by atoms with E-state index in [2.05, 4.69) is 4.98 Å². The minimum Gasteiger partial charge on any atom is -0.465 e. The summed E-state index contributed by atoms with van der Waals surface area (Å²) in [4.78, 5) is 27.1. The van der Waals surface area contributed by atoms with Gasteiger partial charge < -0.3 is 14.1 Å². The molecule has 2 aromatic heterocycles. The Kier molecular flexibility index (Phi) is 2.78. The lowest BCUT2D eigenvalue weighted by molar-refractivity contribution is 0.0602. The summed E-state index contributed by atoms with van der Waals surface area (Å²) < 4.78 is 10.1. The maximum atomic E-state index is 11.9. The number of hydrogen-bond donors (Lipinski definition) is 1. The number of aromatic nitrogens is 1. The molecule has 0 unspecified atom stereocenters. The van der Waals surface area contributed by atoms with E-state index in [1.165, 1.54) is 7.11 Å². The van der Waals surface area contributed by atoms with Gasteiger partial charge in [-0.15, -0.1) is 0 Å². The summed E-state index contributed by atoms with van der Waals surface area (Å²) in [5, 5.41) is 2.53. The fourth-order valence-electron chi connectivity index (χ4n) is 2.98. The number of benzene rings is 2. The number of fused-ring (bicyclic) bond motifs is 5. The smallest absolute Gasteiger partial charge is 0.338 e. The topological polar surface area (TPSA) is 72.3 Å². The molecule has 5 heteroatoms. The van der Waals surface area contributed by atoms with Crippen molar-refractivity contribution in [2.24, 2.45) is 0 Å². The lowest BCUT2D eigenvalue weighted by Crippen LogP contribution is -2.08. The van der Waals surface area contributed by atoms with Crippen molar-refractivity contribution in [1.29, 1.82) is 0 Å². The number of esters is 1. The van der Waals surface area contributed by atoms with Crippen molar-refractivity contribution in [3.8, 4) is 0 Å². The summed E-state index contributed by atoms with van der Waals surface area (Å²) >= 11 is 0. The summed E-state index contributed by atoms with van der Waals surface area (Å²) in [7, 11) is 1.28. The number of aryl methyl sites for hydroxylation is 1. The fraction of sp³-hybridized carbons (Fsp3) is 0.111. The highest BCUT2D eigenvalue weighted by Gasteiger charge is 2.17. The van der Waals surface area contributed by atoms with Gasteiger partial charge in [-0.3, -0.25) is 0 Å². The summed E-state index contributed by atoms with van der Waals surface area (Å²) in [6.45, 7) is 2.01. The zero-order chi connectivity index (χ0) is 16.1. The van der Waals surface area contributed by atoms with Gasteiger partial charge in [-0.1, -0.05) is 18.2 Å². The Balaban J connectivity index is 2.20. The van der Waals surface area contributed by atoms with Gasteiger partial charge in [-0.25, -0.2) is 9.59 Å². The van der Waals surface area contributed by atoms with Crippen molar-refractivity contribution >= 4 is 38.7 Å². The molecule has 0 saturated heterocycles. The van der Waals surface area contributed by atoms with Crippen LogP contribution in [0.3, 0.4) is 0 Å². The van der Waals surface area contributed by atoms with Crippen molar-refractivity contribution in [1.82, 2.24) is 4.98 Å². The predicted octanol–water partition coefficient (Wildman–Crippen LogP) is 3.52. The summed E-state index contributed by atoms with van der Waals surface area (Å²) in [6.07, 6.45) is 0. The molecule has 1 N–H and O–H groups in total. The third-order valence-electron chi connectivity index (χ3n) is 4.04. The summed E-state index contributed by atoms with van der Waals surface area (Å²) in [5.41, 5.74) is 2.77. The lowest BCUT2D eigenvalue weighted by atomic mass is 10.1. The maximum absolute atomic E-state index is 11.9. The fourth-order valence-corrected chi connectivity index (χ4v) is 2.98. The number of aromatic amines is 1. The molecule has 0 aliphatic heterocycles. The van der Waals surface area contributed by atoms with Crippen LogP contribution in [0.25, 0.3) is 32.8 Å². The Bertz CT molecular complexity index is 1150. The van der Waals surface area contributed by atoms with Gasteiger partial charge >= 0.3 is 11.6 Å². The third kappa shape index (κ3) is 1.93. The van der Waals surface area contributed by atoms with Gasteiger partial charge in [0.15, 0.2) is 5.58 Å². The van der Waals surface area contributed by atoms with E-state index in [0.717, 1.165) is 27.9 Å². The first-order valence-electron chi connectivity index (χ1n) is 7.15. The molecule has 4 rings (SSSR count). The molecule has 0 saturated carbocycles. The average molecular weight is 307 g/mol. The summed E-state index contributed by atoms with van der Waals surface area (Å²) in [5.74, 6) is -0.561. The Morgan fingerprint density at radius 2 is 1.83 bits per heavy atom. The number of carbonyl (C=O) groups excluding carboxylic acids is 1. The maximum Gasteiger partial charge on any atom is 0.338 e. The largest absolute Gasteiger partial charge is 0.465 e. The number of rotatable bonds is 1. The van der Waals surface area contributed by atoms with E-state index >= 15 is 0 Å². The molecule has 2 heterocycles. The van der Waals surface area contributed by atoms with Gasteiger partial charge in [0.1, 0.15) is 0 Å². The van der Waals surface area contributed by atoms with E-state index in [-0.39, 0.29) is 5.56 Å². The van der Waals surface area contributed by atoms with Gasteiger partial charge in [0.2, 0.25) is 0 Å². The van der Waals surface area contributed by atoms with Crippen molar-refractivity contribution in [2.45, 2.75) is 6.92 Å². The van der Waals surface area contributed by atoms with Crippen LogP contribution in [0.5, 0.6) is 0 Å². The zero-order valence-electron chi connectivity index (χ0n) is 12.6. The molecule has 5 nitrogen and oxygen atoms in total. The van der Waals surface area contributed by atoms with E-state index in [9.17, 15) is 9.59 Å². The highest BCUT2D eigenvalue weighted by Crippen LogP contribution is 2.32. The number of carbonyl (C=O) groups is 1. The molecule has 0 amide bonds. The molecule has 0 atom stereocenters. The molecule has 0 aliphatic rings. The molecule has 4 aromatic rings. The molecular formula is C18H13NO4. The quantitative estimate of drug-likeness (QED) is 0.431. The van der Waals surface area contributed by atoms with E-state index < -0.39 is 11.6 Å². The van der Waals surface area contributed by atoms with Crippen LogP contribution in [0.2, 0.25) is 0 Å². The number of H-pyrrole nitrogens is 1. The first kappa shape index (κ1) is 13.6. The minimum atomic E-state index is -0.583. The number of methoxy groups -OCH3 is 1. The van der Waals surface area contributed by atoms with Crippen molar-refractivity contribution in [3.05, 3.63) is 57.9 Å². The van der Waals surface area contributed by atoms with Crippen molar-refractivity contribution in [2.75, 3.05) is 7.11 Å². The first-order valence-corrected chi connectivity index (χ1v) is 7.15. The number of nitrogens with one attached hydrogen (secondary N) is 1. The Labute approximate surface area is 130 Å². The normalized spacial score (nSPS) is 11.4. The monoisotopic (exact) mass is 307 g/mol. The van der Waals surface area contributed by atoms with E-state index in [0.29, 0.717) is 16.5 Å². The van der Waals surface area contributed by atoms with Crippen LogP contribution in [0.1, 0.15) is 15.9 Å². The zero-order valence-corrected chi connectivity index (χ0v) is 12.6. The van der Waals surface area contributed by atoms with Crippen LogP contribution in [-0.4, -0.2) is 18.1 Å². The minimum absolute atomic E-state index is 0.204. The second-order valence-electron chi connectivity index (χ2n) is 5.51. The van der Waals surface area contributed by atoms with Crippen LogP contribution in [-0.2, 0) is 4.74 Å². The Morgan fingerprint density at radius 1 is 1.09 bits per heavy atom. The lowest BCUT2D eigenvalue weighted by Gasteiger charge is -2.04. The second-order valence-corrected chi connectivity index (χ2v) is 5.51. The van der Waals surface area contributed by atoms with Gasteiger partial charge in [0.05, 0.1) is 18.2 Å². The molecule has 0 spiro atoms. The Hall–Kier alpha value is -3.08. The van der Waals surface area contributed by atoms with E-state index in [4.69, 9.17) is 9.15 Å². The third-order valence-corrected chi connectivity index (χ3v) is 4.04. The molecular weight excluding hydrogens is 294 g/mol. The predicted molar refractivity (Wildman–Crippen MR) is 87.9 cm³/mol. The van der Waals surface area contributed by atoms with Crippen LogP contribution in [0.4, 0.5) is 0 Å². The molecule has 0 bridgehead atoms. The first-order chi connectivity index (χ1) is 11.1. The molecule has 0 fully saturated rings. The van der Waals surface area contributed by atoms with Gasteiger partial charge in [-0.2, -0.15) is 0 Å². The molecule has 114 valence electrons. The highest BCUT2D eigenvalue weighted by molar-refractivity contribution is 6.17. The van der Waals surface area contributed by atoms with Crippen molar-refractivity contribution in [3.63, 3.8) is 0 Å². The van der Waals surface area contributed by atoms with Gasteiger partial charge in [0, 0.05) is 27.7 Å². The van der Waals surface area contributed by atoms with Crippen LogP contribution < -0.4 is 5.63 Å². The standard InChI is InChI=1S/C18H13NO4/c1-9-3-4-10-11-5-6-12-13(18(21)22-2)8-15(20)23-17(12)16(11)19-14(10)7-9/h3-8,19H,1-2H3. The average Bonchev–Trinajstić information content (AvgIpc) is 2.91. The Morgan fingerprint density at radius 3 is 2.61 bits per heavy atom. The molecule has 23 heavy (non-hydrogen) atoms. The number of hydrogen-bond acceptors (Lipinski definition) is 4. The molecule has 0 radical (unpaired) electrons.